The summed E-state index contributed by atoms with van der Waals surface area (Å²) in [4.78, 5) is 0. The summed E-state index contributed by atoms with van der Waals surface area (Å²) in [5, 5.41) is 12.6. The first kappa shape index (κ1) is 20.5. The van der Waals surface area contributed by atoms with E-state index in [1.54, 1.807) is 0 Å². The Labute approximate surface area is 184 Å². The van der Waals surface area contributed by atoms with Crippen LogP contribution in [0.15, 0.2) is 30.5 Å². The van der Waals surface area contributed by atoms with Crippen molar-refractivity contribution in [2.24, 2.45) is 0 Å². The Morgan fingerprint density at radius 2 is 1.91 bits per heavy atom. The number of halogens is 2. The average Bonchev–Trinajstić information content (AvgIpc) is 3.33. The van der Waals surface area contributed by atoms with Crippen molar-refractivity contribution in [1.82, 2.24) is 19.3 Å². The van der Waals surface area contributed by atoms with Crippen LogP contribution in [-0.2, 0) is 12.1 Å². The number of ether oxygens (including phenoxy) is 1. The Morgan fingerprint density at radius 1 is 1.12 bits per heavy atom. The zero-order valence-electron chi connectivity index (χ0n) is 18.8. The summed E-state index contributed by atoms with van der Waals surface area (Å²) in [5.74, 6) is 0.862. The molecule has 2 aromatic carbocycles. The van der Waals surface area contributed by atoms with Crippen LogP contribution in [0.1, 0.15) is 38.8 Å². The molecule has 0 fully saturated rings. The number of methoxy groups -OCH3 is 1. The number of rotatable bonds is 4. The van der Waals surface area contributed by atoms with Gasteiger partial charge < -0.3 is 14.6 Å². The second kappa shape index (κ2) is 7.05. The van der Waals surface area contributed by atoms with E-state index >= 15 is 4.39 Å². The van der Waals surface area contributed by atoms with Gasteiger partial charge in [-0.3, -0.25) is 4.57 Å². The monoisotopic (exact) mass is 437 g/mol. The topological polar surface area (TPSA) is 56.9 Å². The first-order chi connectivity index (χ1) is 15.3. The highest BCUT2D eigenvalue weighted by molar-refractivity contribution is 5.99. The third-order valence-corrected chi connectivity index (χ3v) is 6.06. The van der Waals surface area contributed by atoms with Crippen molar-refractivity contribution < 1.29 is 13.5 Å². The van der Waals surface area contributed by atoms with Gasteiger partial charge in [0, 0.05) is 23.7 Å². The molecular formula is C24H25F2N5O. The van der Waals surface area contributed by atoms with E-state index < -0.39 is 11.4 Å². The molecule has 0 saturated heterocycles. The van der Waals surface area contributed by atoms with E-state index in [1.165, 1.54) is 25.3 Å². The number of nitrogens with one attached hydrogen (secondary N) is 1. The molecule has 0 aliphatic carbocycles. The first-order valence-electron chi connectivity index (χ1n) is 10.7. The molecule has 0 atom stereocenters. The van der Waals surface area contributed by atoms with Crippen LogP contribution >= 0.6 is 0 Å². The lowest BCUT2D eigenvalue weighted by Gasteiger charge is -2.35. The summed E-state index contributed by atoms with van der Waals surface area (Å²) >= 11 is 0. The summed E-state index contributed by atoms with van der Waals surface area (Å²) in [6.07, 6.45) is 2.86. The van der Waals surface area contributed by atoms with Gasteiger partial charge in [-0.15, -0.1) is 10.2 Å². The standard InChI is InChI=1S/C24H25F2N5O/c1-6-8-30-9-7-15-16(10-14(25)11-19(15)30)17-12-18(26)20-21(22(17)32-5)31-13(2)28-29-23(31)24(3,4)27-20/h7,9-12,27H,6,8H2,1-5H3. The normalized spacial score (nSPS) is 14.2. The number of hydrogen-bond acceptors (Lipinski definition) is 4. The van der Waals surface area contributed by atoms with Gasteiger partial charge in [0.15, 0.2) is 11.6 Å². The van der Waals surface area contributed by atoms with Crippen LogP contribution in [0, 0.1) is 18.6 Å². The number of fused-ring (bicyclic) bond motifs is 4. The molecule has 4 aromatic rings. The Balaban J connectivity index is 1.85. The van der Waals surface area contributed by atoms with Crippen molar-refractivity contribution in [3.8, 4) is 22.6 Å². The van der Waals surface area contributed by atoms with Gasteiger partial charge in [0.1, 0.15) is 23.1 Å². The minimum absolute atomic E-state index is 0.308. The molecule has 32 heavy (non-hydrogen) atoms. The van der Waals surface area contributed by atoms with Crippen LogP contribution in [0.4, 0.5) is 14.5 Å². The van der Waals surface area contributed by atoms with E-state index in [-0.39, 0.29) is 5.82 Å². The molecule has 1 N–H and O–H groups in total. The van der Waals surface area contributed by atoms with E-state index in [9.17, 15) is 4.39 Å². The molecule has 5 rings (SSSR count). The fourth-order valence-electron chi connectivity index (χ4n) is 4.68. The van der Waals surface area contributed by atoms with Gasteiger partial charge in [-0.25, -0.2) is 8.78 Å². The second-order valence-corrected chi connectivity index (χ2v) is 8.71. The Morgan fingerprint density at radius 3 is 2.62 bits per heavy atom. The molecule has 0 amide bonds. The van der Waals surface area contributed by atoms with E-state index in [0.717, 1.165) is 23.9 Å². The molecule has 0 bridgehead atoms. The van der Waals surface area contributed by atoms with Crippen LogP contribution in [0.25, 0.3) is 27.7 Å². The molecule has 8 heteroatoms. The summed E-state index contributed by atoms with van der Waals surface area (Å²) in [6.45, 7) is 8.49. The minimum atomic E-state index is -0.634. The summed E-state index contributed by atoms with van der Waals surface area (Å²) in [6, 6.07) is 6.30. The highest BCUT2D eigenvalue weighted by atomic mass is 19.1. The predicted molar refractivity (Wildman–Crippen MR) is 120 cm³/mol. The van der Waals surface area contributed by atoms with Crippen molar-refractivity contribution in [2.75, 3.05) is 12.4 Å². The molecule has 0 radical (unpaired) electrons. The van der Waals surface area contributed by atoms with Gasteiger partial charge in [-0.2, -0.15) is 0 Å². The van der Waals surface area contributed by atoms with Gasteiger partial charge in [0.2, 0.25) is 0 Å². The Hall–Kier alpha value is -3.42. The van der Waals surface area contributed by atoms with Crippen molar-refractivity contribution in [3.63, 3.8) is 0 Å². The van der Waals surface area contributed by atoms with E-state index in [1.807, 2.05) is 42.2 Å². The van der Waals surface area contributed by atoms with Crippen molar-refractivity contribution in [3.05, 3.63) is 53.7 Å². The fraction of sp³-hybridized carbons (Fsp3) is 0.333. The number of hydrogen-bond donors (Lipinski definition) is 1. The molecule has 0 unspecified atom stereocenters. The van der Waals surface area contributed by atoms with Gasteiger partial charge in [-0.05, 0) is 57.0 Å². The van der Waals surface area contributed by atoms with Crippen LogP contribution in [0.3, 0.4) is 0 Å². The SMILES string of the molecule is CCCn1ccc2c(-c3cc(F)c4c(c3OC)-n3c(C)nnc3C(C)(C)N4)cc(F)cc21. The first-order valence-corrected chi connectivity index (χ1v) is 10.7. The summed E-state index contributed by atoms with van der Waals surface area (Å²) in [5.41, 5.74) is 1.98. The largest absolute Gasteiger partial charge is 0.494 e. The molecule has 0 spiro atoms. The summed E-state index contributed by atoms with van der Waals surface area (Å²) in [7, 11) is 1.54. The molecule has 0 saturated carbocycles. The lowest BCUT2D eigenvalue weighted by molar-refractivity contribution is 0.409. The third kappa shape index (κ3) is 2.82. The zero-order chi connectivity index (χ0) is 22.8. The quantitative estimate of drug-likeness (QED) is 0.455. The summed E-state index contributed by atoms with van der Waals surface area (Å²) < 4.78 is 39.9. The van der Waals surface area contributed by atoms with E-state index in [4.69, 9.17) is 4.74 Å². The molecular weight excluding hydrogens is 412 g/mol. The highest BCUT2D eigenvalue weighted by Gasteiger charge is 2.38. The van der Waals surface area contributed by atoms with Crippen LogP contribution in [-0.4, -0.2) is 26.4 Å². The van der Waals surface area contributed by atoms with Gasteiger partial charge in [0.05, 0.1) is 23.9 Å². The average molecular weight is 437 g/mol. The number of aryl methyl sites for hydroxylation is 2. The lowest BCUT2D eigenvalue weighted by Crippen LogP contribution is -2.36. The molecule has 3 heterocycles. The smallest absolute Gasteiger partial charge is 0.162 e. The van der Waals surface area contributed by atoms with Crippen molar-refractivity contribution >= 4 is 16.6 Å². The van der Waals surface area contributed by atoms with Crippen LogP contribution in [0.5, 0.6) is 5.75 Å². The highest BCUT2D eigenvalue weighted by Crippen LogP contribution is 2.48. The number of anilines is 1. The van der Waals surface area contributed by atoms with Gasteiger partial charge in [0.25, 0.3) is 0 Å². The van der Waals surface area contributed by atoms with Crippen molar-refractivity contribution in [2.45, 2.75) is 46.2 Å². The van der Waals surface area contributed by atoms with E-state index in [2.05, 4.69) is 22.4 Å². The maximum Gasteiger partial charge on any atom is 0.162 e. The number of benzene rings is 2. The van der Waals surface area contributed by atoms with Crippen molar-refractivity contribution in [1.29, 1.82) is 0 Å². The Kier molecular flexibility index (Phi) is 4.51. The zero-order valence-corrected chi connectivity index (χ0v) is 18.8. The van der Waals surface area contributed by atoms with Gasteiger partial charge >= 0.3 is 0 Å². The maximum absolute atomic E-state index is 15.6. The minimum Gasteiger partial charge on any atom is -0.494 e. The number of nitrogens with zero attached hydrogens (tertiary/aromatic N) is 4. The second-order valence-electron chi connectivity index (χ2n) is 8.71. The van der Waals surface area contributed by atoms with Gasteiger partial charge in [-0.1, -0.05) is 6.92 Å². The van der Waals surface area contributed by atoms with E-state index in [0.29, 0.717) is 39.9 Å². The van der Waals surface area contributed by atoms with Crippen LogP contribution in [0.2, 0.25) is 0 Å². The Bertz CT molecular complexity index is 1370. The molecule has 1 aliphatic heterocycles. The molecule has 2 aromatic heterocycles. The molecule has 166 valence electrons. The number of aromatic nitrogens is 4. The third-order valence-electron chi connectivity index (χ3n) is 6.06. The maximum atomic E-state index is 15.6. The lowest BCUT2D eigenvalue weighted by atomic mass is 9.95. The fourth-order valence-corrected chi connectivity index (χ4v) is 4.68. The molecule has 1 aliphatic rings. The molecule has 6 nitrogen and oxygen atoms in total. The predicted octanol–water partition coefficient (Wildman–Crippen LogP) is 5.55. The van der Waals surface area contributed by atoms with Crippen LogP contribution < -0.4 is 10.1 Å².